The van der Waals surface area contributed by atoms with Crippen molar-refractivity contribution in [2.75, 3.05) is 18.0 Å². The molecule has 0 saturated carbocycles. The molecule has 0 saturated heterocycles. The van der Waals surface area contributed by atoms with Crippen LogP contribution in [0.25, 0.3) is 0 Å². The minimum atomic E-state index is 0.673. The third-order valence-electron chi connectivity index (χ3n) is 3.78. The molecule has 3 heterocycles. The van der Waals surface area contributed by atoms with Crippen LogP contribution in [-0.2, 0) is 19.5 Å². The summed E-state index contributed by atoms with van der Waals surface area (Å²) in [6.45, 7) is 8.40. The van der Waals surface area contributed by atoms with Crippen molar-refractivity contribution in [2.24, 2.45) is 5.92 Å². The van der Waals surface area contributed by atoms with E-state index >= 15 is 0 Å². The number of hydrogen-bond acceptors (Lipinski definition) is 4. The smallest absolute Gasteiger partial charge is 0.129 e. The number of aromatic nitrogens is 1. The van der Waals surface area contributed by atoms with Crippen molar-refractivity contribution >= 4 is 17.2 Å². The van der Waals surface area contributed by atoms with Gasteiger partial charge < -0.3 is 10.2 Å². The van der Waals surface area contributed by atoms with Gasteiger partial charge in [-0.25, -0.2) is 4.98 Å². The molecule has 0 fully saturated rings. The first kappa shape index (κ1) is 14.5. The van der Waals surface area contributed by atoms with Crippen LogP contribution in [-0.4, -0.2) is 18.1 Å². The number of nitrogens with zero attached hydrogens (tertiary/aromatic N) is 2. The van der Waals surface area contributed by atoms with Gasteiger partial charge in [-0.2, -0.15) is 0 Å². The molecule has 112 valence electrons. The lowest BCUT2D eigenvalue weighted by molar-refractivity contribution is 0.548. The predicted octanol–water partition coefficient (Wildman–Crippen LogP) is 3.45. The molecule has 3 nitrogen and oxygen atoms in total. The van der Waals surface area contributed by atoms with Crippen LogP contribution in [0.3, 0.4) is 0 Å². The normalized spacial score (nSPS) is 14.5. The highest BCUT2D eigenvalue weighted by molar-refractivity contribution is 7.10. The summed E-state index contributed by atoms with van der Waals surface area (Å²) >= 11 is 1.88. The van der Waals surface area contributed by atoms with E-state index in [1.807, 2.05) is 11.3 Å². The fourth-order valence-electron chi connectivity index (χ4n) is 2.67. The number of hydrogen-bond donors (Lipinski definition) is 1. The van der Waals surface area contributed by atoms with Gasteiger partial charge in [-0.05, 0) is 48.0 Å². The molecule has 1 N–H and O–H groups in total. The lowest BCUT2D eigenvalue weighted by Crippen LogP contribution is -2.30. The first-order valence-corrected chi connectivity index (χ1v) is 8.57. The molecule has 0 bridgehead atoms. The second-order valence-electron chi connectivity index (χ2n) is 6.05. The number of thiophene rings is 1. The van der Waals surface area contributed by atoms with Gasteiger partial charge in [-0.3, -0.25) is 0 Å². The van der Waals surface area contributed by atoms with Gasteiger partial charge in [0, 0.05) is 24.5 Å². The van der Waals surface area contributed by atoms with Crippen LogP contribution in [0.15, 0.2) is 29.6 Å². The third-order valence-corrected chi connectivity index (χ3v) is 4.81. The molecular weight excluding hydrogens is 278 g/mol. The van der Waals surface area contributed by atoms with Crippen molar-refractivity contribution in [3.63, 3.8) is 0 Å². The zero-order valence-corrected chi connectivity index (χ0v) is 13.6. The average Bonchev–Trinajstić information content (AvgIpc) is 2.94. The summed E-state index contributed by atoms with van der Waals surface area (Å²) in [4.78, 5) is 8.75. The van der Waals surface area contributed by atoms with E-state index in [4.69, 9.17) is 4.98 Å². The maximum absolute atomic E-state index is 4.82. The van der Waals surface area contributed by atoms with E-state index in [0.29, 0.717) is 5.92 Å². The number of nitrogens with one attached hydrogen (secondary N) is 1. The van der Waals surface area contributed by atoms with Crippen LogP contribution in [0, 0.1) is 5.92 Å². The van der Waals surface area contributed by atoms with E-state index in [2.05, 4.69) is 53.7 Å². The fraction of sp³-hybridized carbons (Fsp3) is 0.471. The largest absolute Gasteiger partial charge is 0.352 e. The number of anilines is 1. The van der Waals surface area contributed by atoms with Gasteiger partial charge in [0.15, 0.2) is 0 Å². The number of fused-ring (bicyclic) bond motifs is 1. The van der Waals surface area contributed by atoms with Gasteiger partial charge in [0.05, 0.1) is 5.69 Å². The molecular formula is C17H23N3S. The van der Waals surface area contributed by atoms with Gasteiger partial charge >= 0.3 is 0 Å². The van der Waals surface area contributed by atoms with Crippen molar-refractivity contribution < 1.29 is 0 Å². The van der Waals surface area contributed by atoms with Crippen molar-refractivity contribution in [1.29, 1.82) is 0 Å². The summed E-state index contributed by atoms with van der Waals surface area (Å²) < 4.78 is 0. The lowest BCUT2D eigenvalue weighted by atomic mass is 10.1. The van der Waals surface area contributed by atoms with Gasteiger partial charge in [0.1, 0.15) is 5.82 Å². The Hall–Kier alpha value is -1.39. The Morgan fingerprint density at radius 1 is 1.33 bits per heavy atom. The highest BCUT2D eigenvalue weighted by atomic mass is 32.1. The summed E-state index contributed by atoms with van der Waals surface area (Å²) in [5, 5.41) is 5.67. The van der Waals surface area contributed by atoms with E-state index in [1.165, 1.54) is 5.56 Å². The summed E-state index contributed by atoms with van der Waals surface area (Å²) in [6.07, 6.45) is 1.14. The van der Waals surface area contributed by atoms with Crippen molar-refractivity contribution in [3.8, 4) is 0 Å². The lowest BCUT2D eigenvalue weighted by Gasteiger charge is -2.28. The van der Waals surface area contributed by atoms with Crippen molar-refractivity contribution in [2.45, 2.75) is 33.4 Å². The Balaban J connectivity index is 1.66. The molecule has 0 aromatic carbocycles. The SMILES string of the molecule is CC(C)CNCc1cccc(N2CCc3sccc3C2)n1. The highest BCUT2D eigenvalue weighted by Gasteiger charge is 2.18. The molecule has 0 aliphatic carbocycles. The minimum Gasteiger partial charge on any atom is -0.352 e. The molecule has 0 amide bonds. The maximum atomic E-state index is 4.82. The minimum absolute atomic E-state index is 0.673. The maximum Gasteiger partial charge on any atom is 0.129 e. The summed E-state index contributed by atoms with van der Waals surface area (Å²) in [5.74, 6) is 1.78. The number of pyridine rings is 1. The summed E-state index contributed by atoms with van der Waals surface area (Å²) in [6, 6.07) is 8.61. The molecule has 4 heteroatoms. The summed E-state index contributed by atoms with van der Waals surface area (Å²) in [7, 11) is 0. The molecule has 21 heavy (non-hydrogen) atoms. The second-order valence-corrected chi connectivity index (χ2v) is 7.05. The molecule has 0 spiro atoms. The molecule has 0 radical (unpaired) electrons. The van der Waals surface area contributed by atoms with Crippen molar-refractivity contribution in [1.82, 2.24) is 10.3 Å². The zero-order chi connectivity index (χ0) is 14.7. The predicted molar refractivity (Wildman–Crippen MR) is 89.9 cm³/mol. The Morgan fingerprint density at radius 2 is 2.24 bits per heavy atom. The van der Waals surface area contributed by atoms with E-state index < -0.39 is 0 Å². The van der Waals surface area contributed by atoms with Crippen LogP contribution in [0.2, 0.25) is 0 Å². The highest BCUT2D eigenvalue weighted by Crippen LogP contribution is 2.26. The molecule has 1 aliphatic rings. The molecule has 3 rings (SSSR count). The standard InChI is InChI=1S/C17H23N3S/c1-13(2)10-18-11-15-4-3-5-17(19-15)20-8-6-16-14(12-20)7-9-21-16/h3-5,7,9,13,18H,6,8,10-12H2,1-2H3. The molecule has 0 atom stereocenters. The van der Waals surface area contributed by atoms with Crippen LogP contribution >= 0.6 is 11.3 Å². The Labute approximate surface area is 131 Å². The first-order valence-electron chi connectivity index (χ1n) is 7.69. The number of rotatable bonds is 5. The topological polar surface area (TPSA) is 28.2 Å². The van der Waals surface area contributed by atoms with Crippen LogP contribution < -0.4 is 10.2 Å². The van der Waals surface area contributed by atoms with Crippen LogP contribution in [0.5, 0.6) is 0 Å². The van der Waals surface area contributed by atoms with Gasteiger partial charge in [0.2, 0.25) is 0 Å². The average molecular weight is 301 g/mol. The quantitative estimate of drug-likeness (QED) is 0.917. The van der Waals surface area contributed by atoms with E-state index in [-0.39, 0.29) is 0 Å². The van der Waals surface area contributed by atoms with Gasteiger partial charge in [0.25, 0.3) is 0 Å². The van der Waals surface area contributed by atoms with Gasteiger partial charge in [-0.15, -0.1) is 11.3 Å². The molecule has 1 aliphatic heterocycles. The zero-order valence-electron chi connectivity index (χ0n) is 12.8. The first-order chi connectivity index (χ1) is 10.2. The fourth-order valence-corrected chi connectivity index (χ4v) is 3.56. The Bertz CT molecular complexity index is 591. The Morgan fingerprint density at radius 3 is 3.10 bits per heavy atom. The second kappa shape index (κ2) is 6.58. The molecule has 2 aromatic heterocycles. The van der Waals surface area contributed by atoms with Crippen LogP contribution in [0.1, 0.15) is 30.0 Å². The van der Waals surface area contributed by atoms with Crippen molar-refractivity contribution in [3.05, 3.63) is 45.8 Å². The van der Waals surface area contributed by atoms with E-state index in [9.17, 15) is 0 Å². The van der Waals surface area contributed by atoms with E-state index in [0.717, 1.165) is 44.1 Å². The Kier molecular flexibility index (Phi) is 4.56. The van der Waals surface area contributed by atoms with E-state index in [1.54, 1.807) is 4.88 Å². The molecule has 2 aromatic rings. The summed E-state index contributed by atoms with van der Waals surface area (Å²) in [5.41, 5.74) is 2.60. The van der Waals surface area contributed by atoms with Gasteiger partial charge in [-0.1, -0.05) is 19.9 Å². The third kappa shape index (κ3) is 3.63. The molecule has 0 unspecified atom stereocenters. The monoisotopic (exact) mass is 301 g/mol. The van der Waals surface area contributed by atoms with Crippen LogP contribution in [0.4, 0.5) is 5.82 Å².